The van der Waals surface area contributed by atoms with Crippen molar-refractivity contribution in [2.45, 2.75) is 62.0 Å². The third kappa shape index (κ3) is 4.96. The number of aromatic nitrogens is 2. The highest BCUT2D eigenvalue weighted by Crippen LogP contribution is 2.35. The molecule has 10 heteroatoms. The number of amides is 1. The van der Waals surface area contributed by atoms with E-state index in [9.17, 15) is 13.2 Å². The summed E-state index contributed by atoms with van der Waals surface area (Å²) in [7, 11) is -3.24. The van der Waals surface area contributed by atoms with Crippen LogP contribution in [0.3, 0.4) is 0 Å². The first kappa shape index (κ1) is 22.9. The number of fused-ring (bicyclic) bond motifs is 1. The molecule has 3 aliphatic rings. The highest BCUT2D eigenvalue weighted by Gasteiger charge is 2.29. The van der Waals surface area contributed by atoms with Gasteiger partial charge in [0.15, 0.2) is 9.84 Å². The minimum absolute atomic E-state index is 0.0264. The van der Waals surface area contributed by atoms with Gasteiger partial charge in [0.1, 0.15) is 24.4 Å². The van der Waals surface area contributed by atoms with E-state index in [0.717, 1.165) is 56.2 Å². The average Bonchev–Trinajstić information content (AvgIpc) is 3.48. The summed E-state index contributed by atoms with van der Waals surface area (Å²) in [6.07, 6.45) is 8.97. The van der Waals surface area contributed by atoms with Crippen molar-refractivity contribution in [2.24, 2.45) is 0 Å². The van der Waals surface area contributed by atoms with Crippen molar-refractivity contribution in [1.29, 1.82) is 0 Å². The molecule has 0 spiro atoms. The molecule has 2 aromatic rings. The molecule has 2 fully saturated rings. The second kappa shape index (κ2) is 9.40. The highest BCUT2D eigenvalue weighted by molar-refractivity contribution is 7.90. The SMILES string of the molecule is CS(=O)(=O)c1ccc2c(c1)CCN2c1cc(OC2CCN(C(=O)OC3CCCC3)CC2)ncn1. The quantitative estimate of drug-likeness (QED) is 0.633. The van der Waals surface area contributed by atoms with Crippen molar-refractivity contribution in [1.82, 2.24) is 14.9 Å². The molecule has 182 valence electrons. The standard InChI is InChI=1S/C24H30N4O5S/c1-34(30,31)20-6-7-21-17(14-20)8-13-28(21)22-15-23(26-16-25-22)32-19-9-11-27(12-10-19)24(29)33-18-4-2-3-5-18/h6-7,14-16,18-19H,2-5,8-13H2,1H3. The second-order valence-electron chi connectivity index (χ2n) is 9.27. The minimum Gasteiger partial charge on any atom is -0.474 e. The summed E-state index contributed by atoms with van der Waals surface area (Å²) in [4.78, 5) is 25.2. The number of anilines is 2. The lowest BCUT2D eigenvalue weighted by atomic mass is 10.1. The molecule has 1 saturated heterocycles. The number of hydrogen-bond acceptors (Lipinski definition) is 8. The van der Waals surface area contributed by atoms with E-state index >= 15 is 0 Å². The van der Waals surface area contributed by atoms with Crippen molar-refractivity contribution in [2.75, 3.05) is 30.8 Å². The Kier molecular flexibility index (Phi) is 6.33. The predicted octanol–water partition coefficient (Wildman–Crippen LogP) is 3.50. The Morgan fingerprint density at radius 1 is 1.00 bits per heavy atom. The monoisotopic (exact) mass is 486 g/mol. The van der Waals surface area contributed by atoms with Crippen molar-refractivity contribution in [3.8, 4) is 5.88 Å². The maximum Gasteiger partial charge on any atom is 0.410 e. The molecule has 1 aromatic heterocycles. The van der Waals surface area contributed by atoms with Gasteiger partial charge in [0.25, 0.3) is 0 Å². The van der Waals surface area contributed by atoms with Gasteiger partial charge < -0.3 is 19.3 Å². The topological polar surface area (TPSA) is 102 Å². The number of rotatable bonds is 5. The van der Waals surface area contributed by atoms with Crippen LogP contribution in [0.4, 0.5) is 16.3 Å². The Morgan fingerprint density at radius 3 is 2.50 bits per heavy atom. The Bertz CT molecular complexity index is 1160. The van der Waals surface area contributed by atoms with Crippen molar-refractivity contribution < 1.29 is 22.7 Å². The van der Waals surface area contributed by atoms with E-state index < -0.39 is 9.84 Å². The average molecular weight is 487 g/mol. The molecule has 3 heterocycles. The van der Waals surface area contributed by atoms with Gasteiger partial charge in [-0.3, -0.25) is 0 Å². The molecule has 1 saturated carbocycles. The van der Waals surface area contributed by atoms with Gasteiger partial charge in [-0.25, -0.2) is 23.2 Å². The van der Waals surface area contributed by atoms with E-state index in [2.05, 4.69) is 14.9 Å². The van der Waals surface area contributed by atoms with Crippen LogP contribution in [0.2, 0.25) is 0 Å². The molecule has 0 radical (unpaired) electrons. The fraction of sp³-hybridized carbons (Fsp3) is 0.542. The lowest BCUT2D eigenvalue weighted by Gasteiger charge is -2.32. The number of hydrogen-bond donors (Lipinski definition) is 0. The number of carbonyl (C=O) groups excluding carboxylic acids is 1. The molecule has 1 aliphatic carbocycles. The van der Waals surface area contributed by atoms with Gasteiger partial charge in [-0.05, 0) is 55.9 Å². The molecular weight excluding hydrogens is 456 g/mol. The van der Waals surface area contributed by atoms with E-state index in [-0.39, 0.29) is 18.3 Å². The summed E-state index contributed by atoms with van der Waals surface area (Å²) in [5, 5.41) is 0. The summed E-state index contributed by atoms with van der Waals surface area (Å²) in [5.74, 6) is 1.21. The first-order chi connectivity index (χ1) is 16.4. The van der Waals surface area contributed by atoms with E-state index in [1.807, 2.05) is 12.1 Å². The van der Waals surface area contributed by atoms with Crippen LogP contribution < -0.4 is 9.64 Å². The van der Waals surface area contributed by atoms with Crippen molar-refractivity contribution in [3.63, 3.8) is 0 Å². The zero-order valence-electron chi connectivity index (χ0n) is 19.4. The number of likely N-dealkylation sites (tertiary alicyclic amines) is 1. The van der Waals surface area contributed by atoms with Gasteiger partial charge in [-0.1, -0.05) is 0 Å². The Balaban J connectivity index is 1.20. The Morgan fingerprint density at radius 2 is 1.76 bits per heavy atom. The van der Waals surface area contributed by atoms with E-state index in [4.69, 9.17) is 9.47 Å². The van der Waals surface area contributed by atoms with Crippen LogP contribution >= 0.6 is 0 Å². The van der Waals surface area contributed by atoms with Crippen LogP contribution in [0.15, 0.2) is 35.5 Å². The van der Waals surface area contributed by atoms with Gasteiger partial charge in [-0.2, -0.15) is 0 Å². The van der Waals surface area contributed by atoms with Crippen LogP contribution in [-0.2, 0) is 21.0 Å². The van der Waals surface area contributed by atoms with Gasteiger partial charge in [0.05, 0.1) is 4.90 Å². The molecule has 9 nitrogen and oxygen atoms in total. The number of nitrogens with zero attached hydrogens (tertiary/aromatic N) is 4. The zero-order valence-corrected chi connectivity index (χ0v) is 20.2. The maximum atomic E-state index is 12.4. The number of benzene rings is 1. The number of ether oxygens (including phenoxy) is 2. The van der Waals surface area contributed by atoms with Crippen molar-refractivity contribution in [3.05, 3.63) is 36.2 Å². The summed E-state index contributed by atoms with van der Waals surface area (Å²) in [5.41, 5.74) is 1.94. The van der Waals surface area contributed by atoms with E-state index in [0.29, 0.717) is 36.2 Å². The number of piperidine rings is 1. The van der Waals surface area contributed by atoms with Crippen LogP contribution in [0, 0.1) is 0 Å². The summed E-state index contributed by atoms with van der Waals surface area (Å²) in [6, 6.07) is 7.04. The highest BCUT2D eigenvalue weighted by atomic mass is 32.2. The molecule has 34 heavy (non-hydrogen) atoms. The van der Waals surface area contributed by atoms with Crippen LogP contribution in [0.1, 0.15) is 44.1 Å². The fourth-order valence-corrected chi connectivity index (χ4v) is 5.61. The smallest absolute Gasteiger partial charge is 0.410 e. The van der Waals surface area contributed by atoms with E-state index in [1.54, 1.807) is 17.0 Å². The third-order valence-electron chi connectivity index (χ3n) is 6.84. The minimum atomic E-state index is -3.24. The molecular formula is C24H30N4O5S. The Labute approximate surface area is 200 Å². The van der Waals surface area contributed by atoms with Gasteiger partial charge >= 0.3 is 6.09 Å². The van der Waals surface area contributed by atoms with Crippen LogP contribution in [-0.4, -0.2) is 67.5 Å². The number of sulfone groups is 1. The van der Waals surface area contributed by atoms with Gasteiger partial charge in [0.2, 0.25) is 5.88 Å². The van der Waals surface area contributed by atoms with E-state index in [1.165, 1.54) is 12.6 Å². The molecule has 1 amide bonds. The molecule has 0 atom stereocenters. The van der Waals surface area contributed by atoms with Gasteiger partial charge in [0, 0.05) is 50.5 Å². The third-order valence-corrected chi connectivity index (χ3v) is 7.95. The zero-order chi connectivity index (χ0) is 23.7. The van der Waals surface area contributed by atoms with Crippen LogP contribution in [0.5, 0.6) is 5.88 Å². The van der Waals surface area contributed by atoms with Crippen molar-refractivity contribution >= 4 is 27.4 Å². The molecule has 0 N–H and O–H groups in total. The fourth-order valence-electron chi connectivity index (χ4n) is 4.94. The Hall–Kier alpha value is -2.88. The summed E-state index contributed by atoms with van der Waals surface area (Å²) >= 11 is 0. The predicted molar refractivity (Wildman–Crippen MR) is 126 cm³/mol. The van der Waals surface area contributed by atoms with Crippen LogP contribution in [0.25, 0.3) is 0 Å². The summed E-state index contributed by atoms with van der Waals surface area (Å²) < 4.78 is 35.5. The molecule has 0 unspecified atom stereocenters. The lowest BCUT2D eigenvalue weighted by molar-refractivity contribution is 0.0431. The molecule has 2 aliphatic heterocycles. The maximum absolute atomic E-state index is 12.4. The molecule has 0 bridgehead atoms. The second-order valence-corrected chi connectivity index (χ2v) is 11.3. The first-order valence-corrected chi connectivity index (χ1v) is 13.8. The molecule has 1 aromatic carbocycles. The largest absolute Gasteiger partial charge is 0.474 e. The summed E-state index contributed by atoms with van der Waals surface area (Å²) in [6.45, 7) is 1.92. The first-order valence-electron chi connectivity index (χ1n) is 11.9. The molecule has 5 rings (SSSR count). The van der Waals surface area contributed by atoms with Gasteiger partial charge in [-0.15, -0.1) is 0 Å². The normalized spacial score (nSPS) is 19.3. The lowest BCUT2D eigenvalue weighted by Crippen LogP contribution is -2.43. The number of carbonyl (C=O) groups is 1.